The fourth-order valence-electron chi connectivity index (χ4n) is 0.959. The van der Waals surface area contributed by atoms with E-state index in [0.717, 1.165) is 11.8 Å². The molecular weight excluding hydrogens is 156 g/mol. The van der Waals surface area contributed by atoms with Crippen molar-refractivity contribution in [3.63, 3.8) is 0 Å². The molecule has 0 unspecified atom stereocenters. The second-order valence-corrected chi connectivity index (χ2v) is 3.82. The summed E-state index contributed by atoms with van der Waals surface area (Å²) in [5.41, 5.74) is 1.15. The van der Waals surface area contributed by atoms with Crippen LogP contribution in [0.2, 0.25) is 0 Å². The molecule has 0 radical (unpaired) electrons. The van der Waals surface area contributed by atoms with Crippen LogP contribution in [-0.2, 0) is 4.79 Å². The molecule has 0 saturated heterocycles. The Bertz CT molecular complexity index is 284. The number of thiophene rings is 1. The molecule has 2 heteroatoms. The average molecular weight is 166 g/mol. The molecule has 0 N–H and O–H groups in total. The number of carbonyl (C=O) groups is 1. The van der Waals surface area contributed by atoms with Gasteiger partial charge < -0.3 is 0 Å². The molecule has 1 aromatic heterocycles. The van der Waals surface area contributed by atoms with Crippen molar-refractivity contribution in [2.75, 3.05) is 0 Å². The van der Waals surface area contributed by atoms with Gasteiger partial charge in [-0.2, -0.15) is 0 Å². The monoisotopic (exact) mass is 166 g/mol. The second-order valence-electron chi connectivity index (χ2n) is 2.36. The van der Waals surface area contributed by atoms with Gasteiger partial charge in [0.15, 0.2) is 0 Å². The molecule has 1 heterocycles. The summed E-state index contributed by atoms with van der Waals surface area (Å²) in [6.45, 7) is 4.12. The van der Waals surface area contributed by atoms with E-state index in [1.807, 2.05) is 6.08 Å². The van der Waals surface area contributed by atoms with E-state index in [1.54, 1.807) is 11.3 Å². The zero-order valence-electron chi connectivity index (χ0n) is 6.63. The first kappa shape index (κ1) is 8.21. The molecule has 0 spiro atoms. The van der Waals surface area contributed by atoms with E-state index < -0.39 is 0 Å². The molecule has 0 amide bonds. The van der Waals surface area contributed by atoms with E-state index in [1.165, 1.54) is 15.8 Å². The van der Waals surface area contributed by atoms with E-state index in [-0.39, 0.29) is 0 Å². The lowest BCUT2D eigenvalue weighted by atomic mass is 10.2. The van der Waals surface area contributed by atoms with Gasteiger partial charge in [-0.1, -0.05) is 6.08 Å². The van der Waals surface area contributed by atoms with Crippen LogP contribution in [0.3, 0.4) is 0 Å². The number of rotatable bonds is 2. The van der Waals surface area contributed by atoms with Crippen LogP contribution >= 0.6 is 11.3 Å². The van der Waals surface area contributed by atoms with E-state index in [9.17, 15) is 4.79 Å². The topological polar surface area (TPSA) is 17.1 Å². The van der Waals surface area contributed by atoms with Gasteiger partial charge in [0, 0.05) is 9.75 Å². The Morgan fingerprint density at radius 1 is 1.45 bits per heavy atom. The summed E-state index contributed by atoms with van der Waals surface area (Å²) in [7, 11) is 0. The molecule has 1 nitrogen and oxygen atoms in total. The fourth-order valence-corrected chi connectivity index (χ4v) is 1.87. The molecule has 0 aliphatic carbocycles. The summed E-state index contributed by atoms with van der Waals surface area (Å²) in [5.74, 6) is 0. The Balaban J connectivity index is 2.93. The zero-order valence-corrected chi connectivity index (χ0v) is 7.44. The van der Waals surface area contributed by atoms with Crippen molar-refractivity contribution in [2.24, 2.45) is 0 Å². The lowest BCUT2D eigenvalue weighted by molar-refractivity contribution is -0.104. The molecule has 0 saturated carbocycles. The van der Waals surface area contributed by atoms with Gasteiger partial charge >= 0.3 is 0 Å². The first-order valence-corrected chi connectivity index (χ1v) is 4.24. The molecule has 0 fully saturated rings. The Labute approximate surface area is 70.4 Å². The number of allylic oxidation sites excluding steroid dienone is 1. The van der Waals surface area contributed by atoms with Crippen molar-refractivity contribution in [3.8, 4) is 0 Å². The van der Waals surface area contributed by atoms with Crippen LogP contribution < -0.4 is 0 Å². The number of carbonyl (C=O) groups excluding carboxylic acids is 1. The summed E-state index contributed by atoms with van der Waals surface area (Å²) in [5, 5.41) is 0. The molecule has 0 bridgehead atoms. The van der Waals surface area contributed by atoms with Gasteiger partial charge in [-0.25, -0.2) is 0 Å². The standard InChI is InChI=1S/C9H10OS/c1-7-6-9(4-3-5-10)8(2)11-7/h3-6H,1-2H3/b4-3+. The van der Waals surface area contributed by atoms with E-state index in [4.69, 9.17) is 0 Å². The molecule has 0 aromatic carbocycles. The first-order valence-electron chi connectivity index (χ1n) is 3.43. The molecule has 1 aromatic rings. The fraction of sp³-hybridized carbons (Fsp3) is 0.222. The summed E-state index contributed by atoms with van der Waals surface area (Å²) in [6.07, 6.45) is 4.16. The van der Waals surface area contributed by atoms with Crippen LogP contribution in [0.4, 0.5) is 0 Å². The van der Waals surface area contributed by atoms with Crippen LogP contribution in [0, 0.1) is 13.8 Å². The third-order valence-electron chi connectivity index (χ3n) is 1.43. The van der Waals surface area contributed by atoms with Crippen molar-refractivity contribution in [1.29, 1.82) is 0 Å². The first-order chi connectivity index (χ1) is 5.24. The number of aryl methyl sites for hydroxylation is 2. The van der Waals surface area contributed by atoms with Gasteiger partial charge in [0.1, 0.15) is 6.29 Å². The summed E-state index contributed by atoms with van der Waals surface area (Å²) in [4.78, 5) is 12.6. The highest BCUT2D eigenvalue weighted by Gasteiger charge is 1.97. The summed E-state index contributed by atoms with van der Waals surface area (Å²) >= 11 is 1.75. The largest absolute Gasteiger partial charge is 0.299 e. The Morgan fingerprint density at radius 2 is 2.18 bits per heavy atom. The van der Waals surface area contributed by atoms with Crippen molar-refractivity contribution in [2.45, 2.75) is 13.8 Å². The highest BCUT2D eigenvalue weighted by atomic mass is 32.1. The lowest BCUT2D eigenvalue weighted by Gasteiger charge is -1.84. The molecule has 0 aliphatic heterocycles. The van der Waals surface area contributed by atoms with E-state index in [0.29, 0.717) is 0 Å². The minimum Gasteiger partial charge on any atom is -0.299 e. The molecule has 1 rings (SSSR count). The zero-order chi connectivity index (χ0) is 8.27. The highest BCUT2D eigenvalue weighted by molar-refractivity contribution is 7.12. The van der Waals surface area contributed by atoms with Crippen LogP contribution in [-0.4, -0.2) is 6.29 Å². The normalized spacial score (nSPS) is 10.7. The SMILES string of the molecule is Cc1cc(/C=C/C=O)c(C)s1. The van der Waals surface area contributed by atoms with E-state index >= 15 is 0 Å². The van der Waals surface area contributed by atoms with Crippen molar-refractivity contribution < 1.29 is 4.79 Å². The summed E-state index contributed by atoms with van der Waals surface area (Å²) in [6, 6.07) is 2.08. The maximum Gasteiger partial charge on any atom is 0.142 e. The third-order valence-corrected chi connectivity index (χ3v) is 2.42. The minimum atomic E-state index is 0.798. The van der Waals surface area contributed by atoms with Crippen LogP contribution in [0.5, 0.6) is 0 Å². The van der Waals surface area contributed by atoms with Gasteiger partial charge in [0.2, 0.25) is 0 Å². The lowest BCUT2D eigenvalue weighted by Crippen LogP contribution is -1.68. The summed E-state index contributed by atoms with van der Waals surface area (Å²) < 4.78 is 0. The maximum atomic E-state index is 10.0. The predicted molar refractivity (Wildman–Crippen MR) is 48.9 cm³/mol. The van der Waals surface area contributed by atoms with Crippen LogP contribution in [0.1, 0.15) is 15.3 Å². The van der Waals surface area contributed by atoms with E-state index in [2.05, 4.69) is 19.9 Å². The molecular formula is C9H10OS. The molecule has 11 heavy (non-hydrogen) atoms. The number of aldehydes is 1. The van der Waals surface area contributed by atoms with Gasteiger partial charge in [-0.3, -0.25) is 4.79 Å². The maximum absolute atomic E-state index is 10.0. The van der Waals surface area contributed by atoms with Crippen molar-refractivity contribution in [3.05, 3.63) is 27.5 Å². The third kappa shape index (κ3) is 2.02. The predicted octanol–water partition coefficient (Wildman–Crippen LogP) is 2.58. The van der Waals surface area contributed by atoms with Crippen molar-refractivity contribution in [1.82, 2.24) is 0 Å². The molecule has 0 aliphatic rings. The molecule has 0 atom stereocenters. The van der Waals surface area contributed by atoms with Gasteiger partial charge in [-0.15, -0.1) is 11.3 Å². The molecule has 58 valence electrons. The Kier molecular flexibility index (Phi) is 2.60. The average Bonchev–Trinajstić information content (AvgIpc) is 2.26. The van der Waals surface area contributed by atoms with Gasteiger partial charge in [0.05, 0.1) is 0 Å². The Hall–Kier alpha value is -0.890. The van der Waals surface area contributed by atoms with Crippen molar-refractivity contribution >= 4 is 23.7 Å². The number of hydrogen-bond donors (Lipinski definition) is 0. The van der Waals surface area contributed by atoms with Crippen LogP contribution in [0.15, 0.2) is 12.1 Å². The second kappa shape index (κ2) is 3.49. The smallest absolute Gasteiger partial charge is 0.142 e. The quantitative estimate of drug-likeness (QED) is 0.487. The minimum absolute atomic E-state index is 0.798. The number of hydrogen-bond acceptors (Lipinski definition) is 2. The van der Waals surface area contributed by atoms with Gasteiger partial charge in [-0.05, 0) is 31.6 Å². The van der Waals surface area contributed by atoms with Crippen LogP contribution in [0.25, 0.3) is 6.08 Å². The van der Waals surface area contributed by atoms with Gasteiger partial charge in [0.25, 0.3) is 0 Å². The highest BCUT2D eigenvalue weighted by Crippen LogP contribution is 2.21. The Morgan fingerprint density at radius 3 is 2.64 bits per heavy atom.